The van der Waals surface area contributed by atoms with Gasteiger partial charge in [0.15, 0.2) is 6.10 Å². The molecule has 6 rings (SSSR count). The van der Waals surface area contributed by atoms with Gasteiger partial charge in [-0.15, -0.1) is 0 Å². The molecule has 190 valence electrons. The zero-order valence-electron chi connectivity index (χ0n) is 20.4. The standard InChI is InChI=1S/C17H22NO3.C12H10FN.BrH/c1-13(19)21-17-12-18(9-7-15(17)8-10-18)11-16(20)14-5-3-2-4-6-14;13-10-5-4-8-12(9-10)14-11-6-2-1-3-7-11;/h2-6,15,17H,7-12H2,1H3;1-9,14H;1H/q+1;;/p-1. The lowest BCUT2D eigenvalue weighted by Crippen LogP contribution is -3.00. The molecule has 0 radical (unpaired) electrons. The summed E-state index contributed by atoms with van der Waals surface area (Å²) in [6.07, 6.45) is 2.11. The fourth-order valence-corrected chi connectivity index (χ4v) is 5.06. The molecule has 7 heteroatoms. The summed E-state index contributed by atoms with van der Waals surface area (Å²) >= 11 is 0. The number of ketones is 1. The SMILES string of the molecule is CC(=O)OC1C[N+]2(CC(=O)c3ccccc3)CCC1CC2.Fc1cccc(Nc2ccccc2)c1.[Br-]. The van der Waals surface area contributed by atoms with Crippen molar-refractivity contribution in [3.63, 3.8) is 0 Å². The second-order valence-electron chi connectivity index (χ2n) is 9.41. The summed E-state index contributed by atoms with van der Waals surface area (Å²) in [5.74, 6) is 0.241. The molecular weight excluding hydrogens is 523 g/mol. The summed E-state index contributed by atoms with van der Waals surface area (Å²) < 4.78 is 19.1. The molecule has 0 amide bonds. The summed E-state index contributed by atoms with van der Waals surface area (Å²) in [4.78, 5) is 23.7. The molecule has 3 saturated heterocycles. The Morgan fingerprint density at radius 3 is 2.14 bits per heavy atom. The van der Waals surface area contributed by atoms with E-state index in [4.69, 9.17) is 4.74 Å². The van der Waals surface area contributed by atoms with E-state index in [1.807, 2.05) is 66.7 Å². The molecule has 0 aliphatic carbocycles. The van der Waals surface area contributed by atoms with Crippen molar-refractivity contribution in [2.45, 2.75) is 25.9 Å². The molecule has 5 nitrogen and oxygen atoms in total. The van der Waals surface area contributed by atoms with E-state index in [1.54, 1.807) is 6.07 Å². The zero-order chi connectivity index (χ0) is 24.7. The van der Waals surface area contributed by atoms with Crippen LogP contribution in [-0.4, -0.2) is 48.5 Å². The number of esters is 1. The maximum Gasteiger partial charge on any atom is 0.303 e. The molecule has 3 aliphatic rings. The zero-order valence-corrected chi connectivity index (χ0v) is 22.0. The van der Waals surface area contributed by atoms with Gasteiger partial charge < -0.3 is 31.5 Å². The van der Waals surface area contributed by atoms with E-state index in [0.717, 1.165) is 53.9 Å². The Morgan fingerprint density at radius 1 is 0.917 bits per heavy atom. The summed E-state index contributed by atoms with van der Waals surface area (Å²) in [5.41, 5.74) is 2.50. The number of nitrogens with zero attached hydrogens (tertiary/aromatic N) is 1. The molecule has 0 spiro atoms. The molecule has 1 N–H and O–H groups in total. The van der Waals surface area contributed by atoms with Crippen molar-refractivity contribution in [2.24, 2.45) is 5.92 Å². The summed E-state index contributed by atoms with van der Waals surface area (Å²) in [6.45, 7) is 4.84. The van der Waals surface area contributed by atoms with Crippen LogP contribution in [0.2, 0.25) is 0 Å². The van der Waals surface area contributed by atoms with Crippen LogP contribution < -0.4 is 22.3 Å². The molecule has 1 atom stereocenters. The van der Waals surface area contributed by atoms with Crippen molar-refractivity contribution in [3.8, 4) is 0 Å². The number of para-hydroxylation sites is 1. The summed E-state index contributed by atoms with van der Waals surface area (Å²) in [7, 11) is 0. The van der Waals surface area contributed by atoms with E-state index < -0.39 is 0 Å². The van der Waals surface area contributed by atoms with Gasteiger partial charge in [0, 0.05) is 42.6 Å². The summed E-state index contributed by atoms with van der Waals surface area (Å²) in [5, 5.41) is 3.10. The van der Waals surface area contributed by atoms with Crippen molar-refractivity contribution in [1.29, 1.82) is 0 Å². The first-order valence-electron chi connectivity index (χ1n) is 12.1. The third kappa shape index (κ3) is 7.48. The maximum absolute atomic E-state index is 12.8. The molecule has 1 unspecified atom stereocenters. The third-order valence-corrected chi connectivity index (χ3v) is 6.82. The summed E-state index contributed by atoms with van der Waals surface area (Å²) in [6, 6.07) is 25.6. The quantitative estimate of drug-likeness (QED) is 0.289. The van der Waals surface area contributed by atoms with Gasteiger partial charge in [-0.3, -0.25) is 9.59 Å². The van der Waals surface area contributed by atoms with Gasteiger partial charge in [-0.05, 0) is 30.3 Å². The van der Waals surface area contributed by atoms with Crippen molar-refractivity contribution in [2.75, 3.05) is 31.5 Å². The van der Waals surface area contributed by atoms with E-state index in [2.05, 4.69) is 5.32 Å². The maximum atomic E-state index is 12.8. The van der Waals surface area contributed by atoms with Crippen LogP contribution >= 0.6 is 0 Å². The molecule has 3 fully saturated rings. The molecular formula is C29H32BrFN2O3. The lowest BCUT2D eigenvalue weighted by atomic mass is 9.83. The molecule has 2 bridgehead atoms. The molecule has 3 aliphatic heterocycles. The molecule has 0 saturated carbocycles. The predicted octanol–water partition coefficient (Wildman–Crippen LogP) is 2.61. The van der Waals surface area contributed by atoms with Crippen LogP contribution in [0.25, 0.3) is 0 Å². The highest BCUT2D eigenvalue weighted by Crippen LogP contribution is 2.35. The number of hydrogen-bond donors (Lipinski definition) is 1. The number of carbonyl (C=O) groups is 2. The molecule has 0 aromatic heterocycles. The molecule has 36 heavy (non-hydrogen) atoms. The average Bonchev–Trinajstić information content (AvgIpc) is 2.86. The Hall–Kier alpha value is -3.03. The van der Waals surface area contributed by atoms with E-state index in [1.165, 1.54) is 19.1 Å². The number of halogens is 2. The third-order valence-electron chi connectivity index (χ3n) is 6.82. The number of quaternary nitrogens is 1. The minimum Gasteiger partial charge on any atom is -1.00 e. The minimum atomic E-state index is -0.231. The normalized spacial score (nSPS) is 21.8. The second-order valence-corrected chi connectivity index (χ2v) is 9.41. The van der Waals surface area contributed by atoms with Crippen molar-refractivity contribution in [3.05, 3.63) is 96.3 Å². The lowest BCUT2D eigenvalue weighted by molar-refractivity contribution is -0.938. The fourth-order valence-electron chi connectivity index (χ4n) is 5.06. The van der Waals surface area contributed by atoms with Crippen molar-refractivity contribution >= 4 is 23.1 Å². The predicted molar refractivity (Wildman–Crippen MR) is 135 cm³/mol. The number of Topliss-reactive ketones (excluding diaryl/α,β-unsaturated/α-hetero) is 1. The number of rotatable bonds is 6. The highest BCUT2D eigenvalue weighted by Gasteiger charge is 2.48. The van der Waals surface area contributed by atoms with Gasteiger partial charge in [0.05, 0.1) is 13.1 Å². The van der Waals surface area contributed by atoms with Gasteiger partial charge >= 0.3 is 5.97 Å². The Morgan fingerprint density at radius 2 is 1.53 bits per heavy atom. The van der Waals surface area contributed by atoms with Crippen LogP contribution in [0.5, 0.6) is 0 Å². The Balaban J connectivity index is 0.000000210. The largest absolute Gasteiger partial charge is 1.00 e. The van der Waals surface area contributed by atoms with E-state index in [-0.39, 0.29) is 40.7 Å². The Kier molecular flexibility index (Phi) is 9.79. The van der Waals surface area contributed by atoms with Crippen LogP contribution in [0, 0.1) is 11.7 Å². The number of nitrogens with one attached hydrogen (secondary N) is 1. The van der Waals surface area contributed by atoms with Gasteiger partial charge in [-0.25, -0.2) is 4.39 Å². The van der Waals surface area contributed by atoms with E-state index in [9.17, 15) is 14.0 Å². The van der Waals surface area contributed by atoms with E-state index in [0.29, 0.717) is 12.5 Å². The minimum absolute atomic E-state index is 0. The monoisotopic (exact) mass is 554 g/mol. The smallest absolute Gasteiger partial charge is 0.303 e. The number of ether oxygens (including phenoxy) is 1. The molecule has 3 aromatic carbocycles. The van der Waals surface area contributed by atoms with Gasteiger partial charge in [-0.2, -0.15) is 0 Å². The first kappa shape index (κ1) is 27.6. The van der Waals surface area contributed by atoms with Crippen molar-refractivity contribution < 1.29 is 40.2 Å². The van der Waals surface area contributed by atoms with Gasteiger partial charge in [0.25, 0.3) is 0 Å². The molecule has 3 heterocycles. The van der Waals surface area contributed by atoms with Crippen LogP contribution in [0.1, 0.15) is 30.1 Å². The van der Waals surface area contributed by atoms with Gasteiger partial charge in [0.2, 0.25) is 5.78 Å². The highest BCUT2D eigenvalue weighted by atomic mass is 79.9. The molecule has 3 aromatic rings. The first-order valence-corrected chi connectivity index (χ1v) is 12.1. The van der Waals surface area contributed by atoms with Crippen LogP contribution in [0.3, 0.4) is 0 Å². The number of anilines is 2. The number of benzene rings is 3. The Labute approximate surface area is 222 Å². The van der Waals surface area contributed by atoms with Crippen molar-refractivity contribution in [1.82, 2.24) is 0 Å². The lowest BCUT2D eigenvalue weighted by Gasteiger charge is -2.51. The number of carbonyl (C=O) groups excluding carboxylic acids is 2. The average molecular weight is 555 g/mol. The van der Waals surface area contributed by atoms with E-state index >= 15 is 0 Å². The number of hydrogen-bond acceptors (Lipinski definition) is 4. The van der Waals surface area contributed by atoms with Crippen LogP contribution in [0.4, 0.5) is 15.8 Å². The topological polar surface area (TPSA) is 55.4 Å². The van der Waals surface area contributed by atoms with Gasteiger partial charge in [0.1, 0.15) is 18.9 Å². The first-order chi connectivity index (χ1) is 16.9. The number of piperidine rings is 3. The highest BCUT2D eigenvalue weighted by molar-refractivity contribution is 5.96. The fraction of sp³-hybridized carbons (Fsp3) is 0.310. The second kappa shape index (κ2) is 12.8. The Bertz CT molecular complexity index is 1140. The van der Waals surface area contributed by atoms with Gasteiger partial charge in [-0.1, -0.05) is 54.6 Å². The van der Waals surface area contributed by atoms with Crippen LogP contribution in [-0.2, 0) is 9.53 Å². The van der Waals surface area contributed by atoms with Crippen LogP contribution in [0.15, 0.2) is 84.9 Å². The number of fused-ring (bicyclic) bond motifs is 3.